The second-order valence-corrected chi connectivity index (χ2v) is 11.0. The summed E-state index contributed by atoms with van der Waals surface area (Å²) in [6, 6.07) is 8.24. The molecule has 0 aliphatic carbocycles. The lowest BCUT2D eigenvalue weighted by atomic mass is 10.0. The molecule has 3 rings (SSSR count). The molecule has 0 saturated carbocycles. The first-order valence-corrected chi connectivity index (χ1v) is 15.7. The highest BCUT2D eigenvalue weighted by atomic mass is 32.1. The van der Waals surface area contributed by atoms with E-state index in [9.17, 15) is 0 Å². The zero-order chi connectivity index (χ0) is 25.1. The van der Waals surface area contributed by atoms with Gasteiger partial charge in [-0.1, -0.05) is 116 Å². The van der Waals surface area contributed by atoms with E-state index < -0.39 is 0 Å². The number of benzene rings is 1. The normalized spacial score (nSPS) is 11.4. The van der Waals surface area contributed by atoms with Crippen LogP contribution < -0.4 is 4.74 Å². The molecular weight excluding hydrogens is 460 g/mol. The van der Waals surface area contributed by atoms with Gasteiger partial charge in [-0.25, -0.2) is 4.98 Å². The zero-order valence-electron chi connectivity index (χ0n) is 22.7. The van der Waals surface area contributed by atoms with Gasteiger partial charge in [-0.15, -0.1) is 11.3 Å². The van der Waals surface area contributed by atoms with E-state index in [4.69, 9.17) is 9.72 Å². The molecule has 4 heteroatoms. The van der Waals surface area contributed by atoms with Gasteiger partial charge in [-0.05, 0) is 30.7 Å². The molecule has 0 radical (unpaired) electrons. The number of unbranched alkanes of at least 4 members (excludes halogenated alkanes) is 17. The maximum atomic E-state index is 5.95. The van der Waals surface area contributed by atoms with Crippen LogP contribution in [0.3, 0.4) is 0 Å². The van der Waals surface area contributed by atoms with Gasteiger partial charge in [-0.3, -0.25) is 4.98 Å². The molecule has 0 saturated heterocycles. The van der Waals surface area contributed by atoms with Gasteiger partial charge in [0.1, 0.15) is 11.3 Å². The molecule has 3 aromatic rings. The Kier molecular flexibility index (Phi) is 14.6. The summed E-state index contributed by atoms with van der Waals surface area (Å²) in [5, 5.41) is 4.08. The van der Waals surface area contributed by atoms with Gasteiger partial charge < -0.3 is 4.74 Å². The monoisotopic (exact) mass is 508 g/mol. The fourth-order valence-corrected chi connectivity index (χ4v) is 5.49. The highest BCUT2D eigenvalue weighted by molar-refractivity contribution is 7.09. The summed E-state index contributed by atoms with van der Waals surface area (Å²) < 4.78 is 5.95. The lowest BCUT2D eigenvalue weighted by molar-refractivity contribution is 0.304. The smallest absolute Gasteiger partial charge is 0.119 e. The van der Waals surface area contributed by atoms with E-state index in [0.717, 1.165) is 41.1 Å². The summed E-state index contributed by atoms with van der Waals surface area (Å²) in [6.45, 7) is 3.10. The van der Waals surface area contributed by atoms with Crippen LogP contribution in [0.1, 0.15) is 122 Å². The molecule has 3 nitrogen and oxygen atoms in total. The van der Waals surface area contributed by atoms with Crippen molar-refractivity contribution in [3.8, 4) is 17.0 Å². The van der Waals surface area contributed by atoms with Crippen molar-refractivity contribution in [1.82, 2.24) is 9.97 Å². The largest absolute Gasteiger partial charge is 0.494 e. The number of fused-ring (bicyclic) bond motifs is 1. The second-order valence-electron chi connectivity index (χ2n) is 10.3. The van der Waals surface area contributed by atoms with E-state index in [1.807, 2.05) is 29.1 Å². The number of hydrogen-bond acceptors (Lipinski definition) is 4. The number of aromatic nitrogens is 2. The molecule has 0 N–H and O–H groups in total. The maximum absolute atomic E-state index is 5.95. The third-order valence-corrected chi connectivity index (χ3v) is 7.82. The van der Waals surface area contributed by atoms with Crippen molar-refractivity contribution in [3.63, 3.8) is 0 Å². The quantitative estimate of drug-likeness (QED) is 0.134. The second kappa shape index (κ2) is 18.3. The van der Waals surface area contributed by atoms with Gasteiger partial charge in [-0.2, -0.15) is 0 Å². The minimum atomic E-state index is 0.804. The van der Waals surface area contributed by atoms with Gasteiger partial charge in [0.2, 0.25) is 0 Å². The summed E-state index contributed by atoms with van der Waals surface area (Å²) >= 11 is 1.64. The van der Waals surface area contributed by atoms with Crippen LogP contribution in [0.2, 0.25) is 0 Å². The lowest BCUT2D eigenvalue weighted by Crippen LogP contribution is -1.97. The molecule has 0 amide bonds. The van der Waals surface area contributed by atoms with Crippen molar-refractivity contribution in [3.05, 3.63) is 41.2 Å². The van der Waals surface area contributed by atoms with Crippen LogP contribution in [0.5, 0.6) is 5.75 Å². The highest BCUT2D eigenvalue weighted by Crippen LogP contribution is 2.23. The van der Waals surface area contributed by atoms with Crippen molar-refractivity contribution >= 4 is 22.4 Å². The first kappa shape index (κ1) is 28.6. The van der Waals surface area contributed by atoms with Crippen molar-refractivity contribution in [2.75, 3.05) is 6.61 Å². The van der Waals surface area contributed by atoms with Gasteiger partial charge in [0.05, 0.1) is 24.0 Å². The molecule has 1 aromatic carbocycles. The standard InChI is InChI=1S/C32H48N2OS/c1-2-3-4-5-6-7-8-9-10-11-12-13-14-15-16-17-18-19-24-35-29-22-20-28(21-23-29)30-25-33-31-26-36-27-32(31)34-30/h20-23,25-27H,2-19,24H2,1H3. The fourth-order valence-electron chi connectivity index (χ4n) is 4.81. The van der Waals surface area contributed by atoms with E-state index in [1.54, 1.807) is 11.3 Å². The summed E-state index contributed by atoms with van der Waals surface area (Å²) in [5.74, 6) is 0.940. The molecule has 0 aliphatic rings. The molecule has 0 aliphatic heterocycles. The molecular formula is C32H48N2OS. The van der Waals surface area contributed by atoms with Gasteiger partial charge in [0.15, 0.2) is 0 Å². The van der Waals surface area contributed by atoms with Crippen molar-refractivity contribution in [1.29, 1.82) is 0 Å². The summed E-state index contributed by atoms with van der Waals surface area (Å²) in [6.07, 6.45) is 27.1. The van der Waals surface area contributed by atoms with Crippen molar-refractivity contribution in [2.45, 2.75) is 122 Å². The summed E-state index contributed by atoms with van der Waals surface area (Å²) in [5.41, 5.74) is 3.92. The van der Waals surface area contributed by atoms with Crippen LogP contribution in [0.15, 0.2) is 41.2 Å². The average molecular weight is 509 g/mol. The Morgan fingerprint density at radius 3 is 1.67 bits per heavy atom. The van der Waals surface area contributed by atoms with Gasteiger partial charge in [0.25, 0.3) is 0 Å². The predicted octanol–water partition coefficient (Wildman–Crippen LogP) is 10.8. The minimum Gasteiger partial charge on any atom is -0.494 e. The number of thiophene rings is 1. The molecule has 0 spiro atoms. The van der Waals surface area contributed by atoms with E-state index in [-0.39, 0.29) is 0 Å². The minimum absolute atomic E-state index is 0.804. The zero-order valence-corrected chi connectivity index (χ0v) is 23.5. The molecule has 0 bridgehead atoms. The number of rotatable bonds is 21. The Labute approximate surface area is 224 Å². The van der Waals surface area contributed by atoms with Crippen LogP contribution in [0.4, 0.5) is 0 Å². The van der Waals surface area contributed by atoms with Crippen molar-refractivity contribution < 1.29 is 4.74 Å². The first-order chi connectivity index (χ1) is 17.9. The first-order valence-electron chi connectivity index (χ1n) is 14.8. The SMILES string of the molecule is CCCCCCCCCCCCCCCCCCCCOc1ccc(-c2cnc3cscc3n2)cc1. The Bertz CT molecular complexity index is 937. The van der Waals surface area contributed by atoms with Crippen LogP contribution in [0, 0.1) is 0 Å². The average Bonchev–Trinajstić information content (AvgIpc) is 3.38. The Balaban J connectivity index is 1.10. The van der Waals surface area contributed by atoms with E-state index in [2.05, 4.69) is 24.0 Å². The molecule has 36 heavy (non-hydrogen) atoms. The van der Waals surface area contributed by atoms with E-state index in [0.29, 0.717) is 0 Å². The van der Waals surface area contributed by atoms with Crippen molar-refractivity contribution in [2.24, 2.45) is 0 Å². The molecule has 2 heterocycles. The molecule has 198 valence electrons. The third-order valence-electron chi connectivity index (χ3n) is 7.11. The highest BCUT2D eigenvalue weighted by Gasteiger charge is 2.04. The third kappa shape index (κ3) is 11.4. The lowest BCUT2D eigenvalue weighted by Gasteiger charge is -2.07. The summed E-state index contributed by atoms with van der Waals surface area (Å²) in [7, 11) is 0. The van der Waals surface area contributed by atoms with E-state index in [1.165, 1.54) is 109 Å². The van der Waals surface area contributed by atoms with Crippen LogP contribution in [-0.4, -0.2) is 16.6 Å². The Morgan fingerprint density at radius 2 is 1.11 bits per heavy atom. The Morgan fingerprint density at radius 1 is 0.611 bits per heavy atom. The molecule has 0 atom stereocenters. The molecule has 0 fully saturated rings. The molecule has 2 aromatic heterocycles. The van der Waals surface area contributed by atoms with Gasteiger partial charge >= 0.3 is 0 Å². The van der Waals surface area contributed by atoms with Gasteiger partial charge in [0, 0.05) is 16.3 Å². The molecule has 0 unspecified atom stereocenters. The number of hydrogen-bond donors (Lipinski definition) is 0. The van der Waals surface area contributed by atoms with Crippen LogP contribution in [-0.2, 0) is 0 Å². The number of ether oxygens (including phenoxy) is 1. The summed E-state index contributed by atoms with van der Waals surface area (Å²) in [4.78, 5) is 9.18. The number of nitrogens with zero attached hydrogens (tertiary/aromatic N) is 2. The predicted molar refractivity (Wildman–Crippen MR) is 157 cm³/mol. The van der Waals surface area contributed by atoms with Crippen LogP contribution in [0.25, 0.3) is 22.3 Å². The topological polar surface area (TPSA) is 35.0 Å². The fraction of sp³-hybridized carbons (Fsp3) is 0.625. The Hall–Kier alpha value is -1.94. The maximum Gasteiger partial charge on any atom is 0.119 e. The van der Waals surface area contributed by atoms with Crippen LogP contribution >= 0.6 is 11.3 Å². The van der Waals surface area contributed by atoms with E-state index >= 15 is 0 Å².